The van der Waals surface area contributed by atoms with Gasteiger partial charge in [0, 0.05) is 19.2 Å². The Morgan fingerprint density at radius 2 is 1.82 bits per heavy atom. The highest BCUT2D eigenvalue weighted by Gasteiger charge is 2.03. The molecular weight excluding hydrogens is 212 g/mol. The molecule has 0 radical (unpaired) electrons. The van der Waals surface area contributed by atoms with Crippen molar-refractivity contribution in [2.24, 2.45) is 0 Å². The fourth-order valence-electron chi connectivity index (χ4n) is 1.94. The third-order valence-corrected chi connectivity index (χ3v) is 2.93. The van der Waals surface area contributed by atoms with E-state index in [1.165, 1.54) is 16.7 Å². The number of rotatable bonds is 4. The van der Waals surface area contributed by atoms with Crippen LogP contribution in [0, 0.1) is 20.8 Å². The maximum atomic E-state index is 5.02. The first kappa shape index (κ1) is 11.9. The van der Waals surface area contributed by atoms with E-state index in [1.807, 2.05) is 13.0 Å². The maximum Gasteiger partial charge on any atom is 0.133 e. The summed E-state index contributed by atoms with van der Waals surface area (Å²) in [4.78, 5) is 0. The van der Waals surface area contributed by atoms with Crippen LogP contribution in [-0.2, 0) is 13.1 Å². The van der Waals surface area contributed by atoms with Crippen molar-refractivity contribution < 1.29 is 4.52 Å². The summed E-state index contributed by atoms with van der Waals surface area (Å²) in [5, 5.41) is 7.34. The standard InChI is InChI=1S/C14H18N2O/c1-10-5-4-6-11(2)14(10)9-15-8-13-7-12(3)17-16-13/h4-7,15H,8-9H2,1-3H3. The molecule has 0 unspecified atom stereocenters. The topological polar surface area (TPSA) is 38.1 Å². The third-order valence-electron chi connectivity index (χ3n) is 2.93. The Labute approximate surface area is 102 Å². The molecule has 0 aliphatic carbocycles. The lowest BCUT2D eigenvalue weighted by atomic mass is 10.0. The minimum atomic E-state index is 0.741. The van der Waals surface area contributed by atoms with Gasteiger partial charge in [-0.3, -0.25) is 0 Å². The zero-order chi connectivity index (χ0) is 12.3. The molecule has 0 atom stereocenters. The zero-order valence-electron chi connectivity index (χ0n) is 10.6. The highest BCUT2D eigenvalue weighted by atomic mass is 16.5. The van der Waals surface area contributed by atoms with E-state index >= 15 is 0 Å². The van der Waals surface area contributed by atoms with Crippen molar-refractivity contribution in [3.63, 3.8) is 0 Å². The van der Waals surface area contributed by atoms with Crippen LogP contribution in [-0.4, -0.2) is 5.16 Å². The number of nitrogens with zero attached hydrogens (tertiary/aromatic N) is 1. The van der Waals surface area contributed by atoms with Crippen LogP contribution in [0.5, 0.6) is 0 Å². The lowest BCUT2D eigenvalue weighted by Gasteiger charge is -2.09. The van der Waals surface area contributed by atoms with E-state index in [4.69, 9.17) is 4.52 Å². The molecule has 0 fully saturated rings. The number of hydrogen-bond acceptors (Lipinski definition) is 3. The average Bonchev–Trinajstić information content (AvgIpc) is 2.69. The van der Waals surface area contributed by atoms with E-state index in [9.17, 15) is 0 Å². The van der Waals surface area contributed by atoms with Crippen LogP contribution in [0.1, 0.15) is 28.1 Å². The maximum absolute atomic E-state index is 5.02. The Hall–Kier alpha value is -1.61. The molecule has 0 amide bonds. The number of nitrogens with one attached hydrogen (secondary N) is 1. The van der Waals surface area contributed by atoms with Crippen molar-refractivity contribution in [1.29, 1.82) is 0 Å². The molecule has 0 bridgehead atoms. The van der Waals surface area contributed by atoms with Crippen LogP contribution >= 0.6 is 0 Å². The zero-order valence-corrected chi connectivity index (χ0v) is 10.6. The molecule has 3 heteroatoms. The van der Waals surface area contributed by atoms with Crippen molar-refractivity contribution in [2.45, 2.75) is 33.9 Å². The molecule has 1 aromatic heterocycles. The average molecular weight is 230 g/mol. The SMILES string of the molecule is Cc1cc(CNCc2c(C)cccc2C)no1. The molecule has 1 aromatic carbocycles. The highest BCUT2D eigenvalue weighted by Crippen LogP contribution is 2.13. The summed E-state index contributed by atoms with van der Waals surface area (Å²) in [5.41, 5.74) is 4.98. The predicted molar refractivity (Wildman–Crippen MR) is 67.7 cm³/mol. The largest absolute Gasteiger partial charge is 0.361 e. The number of aryl methyl sites for hydroxylation is 3. The molecule has 1 heterocycles. The molecule has 17 heavy (non-hydrogen) atoms. The van der Waals surface area contributed by atoms with Gasteiger partial charge in [0.25, 0.3) is 0 Å². The monoisotopic (exact) mass is 230 g/mol. The minimum Gasteiger partial charge on any atom is -0.361 e. The Morgan fingerprint density at radius 1 is 1.12 bits per heavy atom. The van der Waals surface area contributed by atoms with Crippen LogP contribution < -0.4 is 5.32 Å². The first-order valence-electron chi connectivity index (χ1n) is 5.85. The van der Waals surface area contributed by atoms with Crippen LogP contribution in [0.2, 0.25) is 0 Å². The van der Waals surface area contributed by atoms with Gasteiger partial charge in [-0.25, -0.2) is 0 Å². The first-order chi connectivity index (χ1) is 8.16. The molecule has 90 valence electrons. The van der Waals surface area contributed by atoms with Gasteiger partial charge in [-0.1, -0.05) is 23.4 Å². The number of benzene rings is 1. The van der Waals surface area contributed by atoms with Crippen LogP contribution in [0.4, 0.5) is 0 Å². The third kappa shape index (κ3) is 2.94. The van der Waals surface area contributed by atoms with E-state index in [1.54, 1.807) is 0 Å². The van der Waals surface area contributed by atoms with Gasteiger partial charge in [-0.15, -0.1) is 0 Å². The minimum absolute atomic E-state index is 0.741. The molecule has 0 spiro atoms. The molecule has 0 aliphatic heterocycles. The van der Waals surface area contributed by atoms with E-state index in [0.717, 1.165) is 24.5 Å². The molecule has 0 saturated carbocycles. The van der Waals surface area contributed by atoms with Crippen LogP contribution in [0.3, 0.4) is 0 Å². The molecule has 0 aliphatic rings. The fourth-order valence-corrected chi connectivity index (χ4v) is 1.94. The fraction of sp³-hybridized carbons (Fsp3) is 0.357. The number of aromatic nitrogens is 1. The van der Waals surface area contributed by atoms with E-state index in [2.05, 4.69) is 42.5 Å². The second kappa shape index (κ2) is 5.15. The van der Waals surface area contributed by atoms with Crippen LogP contribution in [0.15, 0.2) is 28.8 Å². The van der Waals surface area contributed by atoms with Gasteiger partial charge >= 0.3 is 0 Å². The lowest BCUT2D eigenvalue weighted by molar-refractivity contribution is 0.388. The van der Waals surface area contributed by atoms with Crippen molar-refractivity contribution >= 4 is 0 Å². The van der Waals surface area contributed by atoms with Crippen molar-refractivity contribution in [1.82, 2.24) is 10.5 Å². The van der Waals surface area contributed by atoms with Crippen molar-refractivity contribution in [2.75, 3.05) is 0 Å². The molecular formula is C14H18N2O. The lowest BCUT2D eigenvalue weighted by Crippen LogP contribution is -2.14. The van der Waals surface area contributed by atoms with Gasteiger partial charge in [0.05, 0.1) is 5.69 Å². The van der Waals surface area contributed by atoms with Gasteiger partial charge in [-0.2, -0.15) is 0 Å². The molecule has 2 aromatic rings. The van der Waals surface area contributed by atoms with E-state index in [-0.39, 0.29) is 0 Å². The second-order valence-electron chi connectivity index (χ2n) is 4.40. The highest BCUT2D eigenvalue weighted by molar-refractivity contribution is 5.33. The molecule has 0 saturated heterocycles. The smallest absolute Gasteiger partial charge is 0.133 e. The van der Waals surface area contributed by atoms with Gasteiger partial charge in [0.1, 0.15) is 5.76 Å². The summed E-state index contributed by atoms with van der Waals surface area (Å²) in [7, 11) is 0. The summed E-state index contributed by atoms with van der Waals surface area (Å²) in [5.74, 6) is 0.855. The van der Waals surface area contributed by atoms with Crippen LogP contribution in [0.25, 0.3) is 0 Å². The van der Waals surface area contributed by atoms with E-state index < -0.39 is 0 Å². The summed E-state index contributed by atoms with van der Waals surface area (Å²) < 4.78 is 5.02. The molecule has 2 rings (SSSR count). The van der Waals surface area contributed by atoms with Gasteiger partial charge in [-0.05, 0) is 37.5 Å². The predicted octanol–water partition coefficient (Wildman–Crippen LogP) is 2.89. The second-order valence-corrected chi connectivity index (χ2v) is 4.40. The Balaban J connectivity index is 1.94. The van der Waals surface area contributed by atoms with Crippen molar-refractivity contribution in [3.8, 4) is 0 Å². The molecule has 3 nitrogen and oxygen atoms in total. The summed E-state index contributed by atoms with van der Waals surface area (Å²) in [6.45, 7) is 7.80. The van der Waals surface area contributed by atoms with Crippen molar-refractivity contribution in [3.05, 3.63) is 52.4 Å². The summed E-state index contributed by atoms with van der Waals surface area (Å²) >= 11 is 0. The summed E-state index contributed by atoms with van der Waals surface area (Å²) in [6, 6.07) is 8.33. The quantitative estimate of drug-likeness (QED) is 0.877. The Kier molecular flexibility index (Phi) is 3.59. The van der Waals surface area contributed by atoms with E-state index in [0.29, 0.717) is 0 Å². The Bertz CT molecular complexity index is 482. The Morgan fingerprint density at radius 3 is 2.41 bits per heavy atom. The van der Waals surface area contributed by atoms with Gasteiger partial charge in [0.2, 0.25) is 0 Å². The van der Waals surface area contributed by atoms with Gasteiger partial charge < -0.3 is 9.84 Å². The molecule has 1 N–H and O–H groups in total. The summed E-state index contributed by atoms with van der Waals surface area (Å²) in [6.07, 6.45) is 0. The number of hydrogen-bond donors (Lipinski definition) is 1. The normalized spacial score (nSPS) is 10.8. The van der Waals surface area contributed by atoms with Gasteiger partial charge in [0.15, 0.2) is 0 Å². The first-order valence-corrected chi connectivity index (χ1v) is 5.85.